The van der Waals surface area contributed by atoms with Gasteiger partial charge < -0.3 is 14.6 Å². The van der Waals surface area contributed by atoms with Crippen LogP contribution in [0.1, 0.15) is 130 Å². The van der Waals surface area contributed by atoms with E-state index in [0.717, 1.165) is 50.4 Å². The van der Waals surface area contributed by atoms with Crippen LogP contribution in [0, 0.1) is 11.8 Å². The molecular formula is C27H52O5. The minimum absolute atomic E-state index is 0.0634. The number of unbranched alkanes of at least 4 members (excludes halogenated alkanes) is 10. The first kappa shape index (κ1) is 30.9. The van der Waals surface area contributed by atoms with Crippen LogP contribution in [0.2, 0.25) is 0 Å². The third-order valence-electron chi connectivity index (χ3n) is 5.76. The van der Waals surface area contributed by atoms with Crippen molar-refractivity contribution in [1.82, 2.24) is 0 Å². The molecule has 0 unspecified atom stereocenters. The molecule has 1 N–H and O–H groups in total. The van der Waals surface area contributed by atoms with E-state index in [1.54, 1.807) is 0 Å². The smallest absolute Gasteiger partial charge is 0.306 e. The van der Waals surface area contributed by atoms with Crippen molar-refractivity contribution in [1.29, 1.82) is 0 Å². The Morgan fingerprint density at radius 3 is 1.47 bits per heavy atom. The maximum atomic E-state index is 11.9. The fourth-order valence-corrected chi connectivity index (χ4v) is 3.68. The Labute approximate surface area is 198 Å². The molecule has 0 aromatic carbocycles. The highest BCUT2D eigenvalue weighted by molar-refractivity contribution is 5.70. The second kappa shape index (κ2) is 21.7. The highest BCUT2D eigenvalue weighted by atomic mass is 16.6. The normalized spacial score (nSPS) is 12.3. The van der Waals surface area contributed by atoms with Crippen molar-refractivity contribution in [2.45, 2.75) is 137 Å². The Kier molecular flexibility index (Phi) is 21.0. The van der Waals surface area contributed by atoms with Crippen molar-refractivity contribution in [3.8, 4) is 0 Å². The van der Waals surface area contributed by atoms with E-state index in [2.05, 4.69) is 27.7 Å². The van der Waals surface area contributed by atoms with Gasteiger partial charge in [-0.2, -0.15) is 0 Å². The predicted molar refractivity (Wildman–Crippen MR) is 131 cm³/mol. The molecule has 0 amide bonds. The van der Waals surface area contributed by atoms with Gasteiger partial charge in [0.2, 0.25) is 0 Å². The lowest BCUT2D eigenvalue weighted by molar-refractivity contribution is -0.161. The zero-order valence-corrected chi connectivity index (χ0v) is 21.5. The third kappa shape index (κ3) is 22.1. The largest absolute Gasteiger partial charge is 0.462 e. The van der Waals surface area contributed by atoms with Gasteiger partial charge in [0.1, 0.15) is 6.61 Å². The van der Waals surface area contributed by atoms with Gasteiger partial charge in [-0.3, -0.25) is 9.59 Å². The van der Waals surface area contributed by atoms with Crippen molar-refractivity contribution >= 4 is 11.9 Å². The standard InChI is InChI=1S/C27H52O5/c1-23(2)17-13-9-5-7-11-15-19-26(29)31-22-25(21-28)32-27(30)20-16-12-8-6-10-14-18-24(3)4/h23-25,28H,5-22H2,1-4H3/t25-/m0/s1. The summed E-state index contributed by atoms with van der Waals surface area (Å²) in [6.45, 7) is 8.63. The van der Waals surface area contributed by atoms with Gasteiger partial charge in [0, 0.05) is 12.8 Å². The van der Waals surface area contributed by atoms with Crippen LogP contribution < -0.4 is 0 Å². The summed E-state index contributed by atoms with van der Waals surface area (Å²) in [5.41, 5.74) is 0. The summed E-state index contributed by atoms with van der Waals surface area (Å²) < 4.78 is 10.4. The Morgan fingerprint density at radius 1 is 0.625 bits per heavy atom. The van der Waals surface area contributed by atoms with E-state index in [-0.39, 0.29) is 25.2 Å². The van der Waals surface area contributed by atoms with Crippen LogP contribution >= 0.6 is 0 Å². The highest BCUT2D eigenvalue weighted by Gasteiger charge is 2.16. The quantitative estimate of drug-likeness (QED) is 0.140. The minimum atomic E-state index is -0.761. The molecule has 0 radical (unpaired) electrons. The van der Waals surface area contributed by atoms with E-state index in [0.29, 0.717) is 12.8 Å². The van der Waals surface area contributed by atoms with Crippen molar-refractivity contribution in [3.63, 3.8) is 0 Å². The molecule has 0 bridgehead atoms. The molecule has 32 heavy (non-hydrogen) atoms. The minimum Gasteiger partial charge on any atom is -0.462 e. The SMILES string of the molecule is CC(C)CCCCCCCCC(=O)OC[C@H](CO)OC(=O)CCCCCCCCC(C)C. The molecule has 0 aromatic rings. The third-order valence-corrected chi connectivity index (χ3v) is 5.76. The predicted octanol–water partition coefficient (Wildman–Crippen LogP) is 6.99. The van der Waals surface area contributed by atoms with Gasteiger partial charge in [0.25, 0.3) is 0 Å². The molecule has 0 saturated heterocycles. The van der Waals surface area contributed by atoms with Gasteiger partial charge >= 0.3 is 11.9 Å². The van der Waals surface area contributed by atoms with Crippen molar-refractivity contribution in [2.24, 2.45) is 11.8 Å². The van der Waals surface area contributed by atoms with Crippen LogP contribution in [0.15, 0.2) is 0 Å². The van der Waals surface area contributed by atoms with Gasteiger partial charge in [0.05, 0.1) is 6.61 Å². The molecule has 0 spiro atoms. The Hall–Kier alpha value is -1.10. The molecule has 0 rings (SSSR count). The lowest BCUT2D eigenvalue weighted by atomic mass is 10.0. The molecule has 0 aliphatic rings. The topological polar surface area (TPSA) is 72.8 Å². The molecule has 0 fully saturated rings. The summed E-state index contributed by atoms with van der Waals surface area (Å²) >= 11 is 0. The van der Waals surface area contributed by atoms with E-state index in [1.807, 2.05) is 0 Å². The summed E-state index contributed by atoms with van der Waals surface area (Å²) in [7, 11) is 0. The molecule has 190 valence electrons. The second-order valence-electron chi connectivity index (χ2n) is 10.1. The summed E-state index contributed by atoms with van der Waals surface area (Å²) in [4.78, 5) is 23.8. The van der Waals surface area contributed by atoms with Crippen molar-refractivity contribution < 1.29 is 24.2 Å². The number of carbonyl (C=O) groups excluding carboxylic acids is 2. The van der Waals surface area contributed by atoms with Gasteiger partial charge in [-0.25, -0.2) is 0 Å². The molecule has 0 aromatic heterocycles. The molecule has 5 heteroatoms. The van der Waals surface area contributed by atoms with E-state index in [4.69, 9.17) is 9.47 Å². The summed E-state index contributed by atoms with van der Waals surface area (Å²) in [6.07, 6.45) is 16.1. The van der Waals surface area contributed by atoms with Crippen LogP contribution in [0.25, 0.3) is 0 Å². The van der Waals surface area contributed by atoms with Gasteiger partial charge in [0.15, 0.2) is 6.10 Å². The number of esters is 2. The van der Waals surface area contributed by atoms with Crippen molar-refractivity contribution in [2.75, 3.05) is 13.2 Å². The summed E-state index contributed by atoms with van der Waals surface area (Å²) in [5, 5.41) is 9.40. The Bertz CT molecular complexity index is 447. The second-order valence-corrected chi connectivity index (χ2v) is 10.1. The Morgan fingerprint density at radius 2 is 1.03 bits per heavy atom. The molecular weight excluding hydrogens is 404 g/mol. The van der Waals surface area contributed by atoms with E-state index < -0.39 is 6.10 Å². The first-order valence-corrected chi connectivity index (χ1v) is 13.3. The van der Waals surface area contributed by atoms with Crippen LogP contribution in [-0.2, 0) is 19.1 Å². The summed E-state index contributed by atoms with van der Waals surface area (Å²) in [5.74, 6) is 0.952. The van der Waals surface area contributed by atoms with Gasteiger partial charge in [-0.1, -0.05) is 105 Å². The fraction of sp³-hybridized carbons (Fsp3) is 0.926. The maximum Gasteiger partial charge on any atom is 0.306 e. The molecule has 0 aliphatic heterocycles. The average molecular weight is 457 g/mol. The number of hydrogen-bond donors (Lipinski definition) is 1. The lowest BCUT2D eigenvalue weighted by Gasteiger charge is -2.15. The number of aliphatic hydroxyl groups is 1. The molecule has 0 heterocycles. The highest BCUT2D eigenvalue weighted by Crippen LogP contribution is 2.13. The maximum absolute atomic E-state index is 11.9. The molecule has 0 aliphatic carbocycles. The number of carbonyl (C=O) groups is 2. The number of ether oxygens (including phenoxy) is 2. The number of hydrogen-bond acceptors (Lipinski definition) is 5. The first-order valence-electron chi connectivity index (χ1n) is 13.3. The molecule has 0 saturated carbocycles. The first-order chi connectivity index (χ1) is 15.3. The van der Waals surface area contributed by atoms with E-state index in [1.165, 1.54) is 51.4 Å². The summed E-state index contributed by atoms with van der Waals surface area (Å²) in [6, 6.07) is 0. The van der Waals surface area contributed by atoms with Crippen LogP contribution in [-0.4, -0.2) is 36.4 Å². The van der Waals surface area contributed by atoms with Gasteiger partial charge in [-0.05, 0) is 24.7 Å². The van der Waals surface area contributed by atoms with Crippen LogP contribution in [0.4, 0.5) is 0 Å². The molecule has 1 atom stereocenters. The van der Waals surface area contributed by atoms with Crippen LogP contribution in [0.3, 0.4) is 0 Å². The molecule has 5 nitrogen and oxygen atoms in total. The van der Waals surface area contributed by atoms with E-state index in [9.17, 15) is 14.7 Å². The van der Waals surface area contributed by atoms with E-state index >= 15 is 0 Å². The monoisotopic (exact) mass is 456 g/mol. The zero-order valence-electron chi connectivity index (χ0n) is 21.5. The number of rotatable bonds is 22. The van der Waals surface area contributed by atoms with Crippen molar-refractivity contribution in [3.05, 3.63) is 0 Å². The van der Waals surface area contributed by atoms with Gasteiger partial charge in [-0.15, -0.1) is 0 Å². The lowest BCUT2D eigenvalue weighted by Crippen LogP contribution is -2.28. The zero-order chi connectivity index (χ0) is 24.0. The van der Waals surface area contributed by atoms with Crippen LogP contribution in [0.5, 0.6) is 0 Å². The fourth-order valence-electron chi connectivity index (χ4n) is 3.68. The number of aliphatic hydroxyl groups excluding tert-OH is 1. The Balaban J connectivity index is 3.65. The average Bonchev–Trinajstić information content (AvgIpc) is 2.74.